The Morgan fingerprint density at radius 1 is 1.78 bits per heavy atom. The number of nitriles is 1. The van der Waals surface area contributed by atoms with Crippen LogP contribution in [0, 0.1) is 17.5 Å². The topological polar surface area (TPSA) is 36.7 Å². The van der Waals surface area contributed by atoms with Gasteiger partial charge in [0.1, 0.15) is 12.3 Å². The van der Waals surface area contributed by atoms with Gasteiger partial charge in [0, 0.05) is 6.20 Å². The third kappa shape index (κ3) is 1.41. The zero-order valence-electron chi connectivity index (χ0n) is 4.43. The minimum absolute atomic E-state index is 0.363. The minimum atomic E-state index is 0.363. The molecule has 0 spiro atoms. The first-order valence-electron chi connectivity index (χ1n) is 2.26. The minimum Gasteiger partial charge on any atom is -0.252 e. The van der Waals surface area contributed by atoms with Crippen molar-refractivity contribution in [3.63, 3.8) is 0 Å². The van der Waals surface area contributed by atoms with E-state index < -0.39 is 0 Å². The summed E-state index contributed by atoms with van der Waals surface area (Å²) in [6.45, 7) is 0. The van der Waals surface area contributed by atoms with E-state index in [0.29, 0.717) is 10.6 Å². The molecule has 0 amide bonds. The van der Waals surface area contributed by atoms with Gasteiger partial charge in [0.25, 0.3) is 0 Å². The van der Waals surface area contributed by atoms with Crippen molar-refractivity contribution >= 4 is 11.6 Å². The zero-order valence-corrected chi connectivity index (χ0v) is 5.18. The molecule has 1 aromatic rings. The third-order valence-electron chi connectivity index (χ3n) is 0.776. The number of aromatic nitrogens is 1. The SMILES string of the molecule is N#Cc1[c]ncc(Cl)c1. The average Bonchev–Trinajstić information content (AvgIpc) is 1.88. The molecule has 0 aliphatic heterocycles. The van der Waals surface area contributed by atoms with Gasteiger partial charge in [-0.05, 0) is 6.07 Å². The Balaban J connectivity index is 3.12. The maximum atomic E-state index is 8.28. The van der Waals surface area contributed by atoms with Crippen LogP contribution in [0.4, 0.5) is 0 Å². The second-order valence-corrected chi connectivity index (χ2v) is 1.86. The van der Waals surface area contributed by atoms with Gasteiger partial charge in [-0.25, -0.2) is 0 Å². The van der Waals surface area contributed by atoms with Crippen molar-refractivity contribution in [3.05, 3.63) is 29.0 Å². The zero-order chi connectivity index (χ0) is 6.69. The van der Waals surface area contributed by atoms with E-state index in [9.17, 15) is 0 Å². The first-order chi connectivity index (χ1) is 4.33. The van der Waals surface area contributed by atoms with Crippen molar-refractivity contribution in [2.24, 2.45) is 0 Å². The first kappa shape index (κ1) is 6.06. The number of pyridine rings is 1. The van der Waals surface area contributed by atoms with Crippen LogP contribution in [0.1, 0.15) is 5.56 Å². The molecule has 1 heterocycles. The maximum Gasteiger partial charge on any atom is 0.108 e. The van der Waals surface area contributed by atoms with E-state index in [4.69, 9.17) is 16.9 Å². The molecule has 0 N–H and O–H groups in total. The van der Waals surface area contributed by atoms with E-state index in [0.717, 1.165) is 0 Å². The van der Waals surface area contributed by atoms with Crippen LogP contribution in [0.3, 0.4) is 0 Å². The Morgan fingerprint density at radius 2 is 2.56 bits per heavy atom. The summed E-state index contributed by atoms with van der Waals surface area (Å²) < 4.78 is 0. The molecule has 0 aliphatic rings. The normalized spacial score (nSPS) is 8.44. The molecule has 0 unspecified atom stereocenters. The standard InChI is InChI=1S/C6H2ClN2/c7-6-1-5(2-8)3-9-4-6/h1,4H. The van der Waals surface area contributed by atoms with Gasteiger partial charge in [-0.15, -0.1) is 0 Å². The summed E-state index contributed by atoms with van der Waals surface area (Å²) >= 11 is 5.49. The molecule has 1 aromatic heterocycles. The molecule has 1 radical (unpaired) electrons. The molecule has 43 valence electrons. The fourth-order valence-electron chi connectivity index (χ4n) is 0.428. The lowest BCUT2D eigenvalue weighted by Gasteiger charge is -1.84. The maximum absolute atomic E-state index is 8.28. The summed E-state index contributed by atoms with van der Waals surface area (Å²) in [6, 6.07) is 3.37. The summed E-state index contributed by atoms with van der Waals surface area (Å²) in [7, 11) is 0. The molecule has 9 heavy (non-hydrogen) atoms. The number of hydrogen-bond acceptors (Lipinski definition) is 2. The Kier molecular flexibility index (Phi) is 1.66. The fourth-order valence-corrected chi connectivity index (χ4v) is 0.586. The van der Waals surface area contributed by atoms with Crippen molar-refractivity contribution in [1.29, 1.82) is 5.26 Å². The van der Waals surface area contributed by atoms with Crippen LogP contribution in [0.5, 0.6) is 0 Å². The molecule has 0 saturated heterocycles. The number of halogens is 1. The van der Waals surface area contributed by atoms with E-state index in [1.165, 1.54) is 12.3 Å². The van der Waals surface area contributed by atoms with Crippen LogP contribution < -0.4 is 0 Å². The monoisotopic (exact) mass is 137 g/mol. The van der Waals surface area contributed by atoms with E-state index in [1.54, 1.807) is 0 Å². The number of hydrogen-bond donors (Lipinski definition) is 0. The Hall–Kier alpha value is -1.07. The van der Waals surface area contributed by atoms with Gasteiger partial charge in [-0.2, -0.15) is 5.26 Å². The van der Waals surface area contributed by atoms with Crippen LogP contribution in [0.25, 0.3) is 0 Å². The average molecular weight is 138 g/mol. The summed E-state index contributed by atoms with van der Waals surface area (Å²) in [5.74, 6) is 0. The van der Waals surface area contributed by atoms with Crippen LogP contribution in [0.15, 0.2) is 12.3 Å². The molecule has 0 aliphatic carbocycles. The predicted octanol–water partition coefficient (Wildman–Crippen LogP) is 1.41. The molecule has 2 nitrogen and oxygen atoms in total. The van der Waals surface area contributed by atoms with E-state index in [1.807, 2.05) is 6.07 Å². The van der Waals surface area contributed by atoms with Gasteiger partial charge in [0.05, 0.1) is 10.6 Å². The molecule has 0 bridgehead atoms. The van der Waals surface area contributed by atoms with E-state index in [-0.39, 0.29) is 0 Å². The van der Waals surface area contributed by atoms with E-state index in [2.05, 4.69) is 11.2 Å². The fraction of sp³-hybridized carbons (Fsp3) is 0. The summed E-state index contributed by atoms with van der Waals surface area (Å²) in [5.41, 5.74) is 0.363. The van der Waals surface area contributed by atoms with Gasteiger partial charge < -0.3 is 0 Å². The summed E-state index contributed by atoms with van der Waals surface area (Å²) in [4.78, 5) is 3.58. The van der Waals surface area contributed by atoms with Crippen molar-refractivity contribution in [3.8, 4) is 6.07 Å². The number of rotatable bonds is 0. The van der Waals surface area contributed by atoms with Crippen LogP contribution in [-0.2, 0) is 0 Å². The summed E-state index contributed by atoms with van der Waals surface area (Å²) in [5, 5.41) is 8.75. The Morgan fingerprint density at radius 3 is 3.00 bits per heavy atom. The predicted molar refractivity (Wildman–Crippen MR) is 32.8 cm³/mol. The number of nitrogens with zero attached hydrogens (tertiary/aromatic N) is 2. The highest BCUT2D eigenvalue weighted by atomic mass is 35.5. The first-order valence-corrected chi connectivity index (χ1v) is 2.64. The second-order valence-electron chi connectivity index (χ2n) is 1.42. The highest BCUT2D eigenvalue weighted by Crippen LogP contribution is 2.05. The smallest absolute Gasteiger partial charge is 0.108 e. The third-order valence-corrected chi connectivity index (χ3v) is 0.982. The van der Waals surface area contributed by atoms with Crippen molar-refractivity contribution in [2.45, 2.75) is 0 Å². The lowest BCUT2D eigenvalue weighted by Crippen LogP contribution is -1.76. The molecule has 0 aromatic carbocycles. The lowest BCUT2D eigenvalue weighted by atomic mass is 10.3. The Labute approximate surface area is 57.7 Å². The van der Waals surface area contributed by atoms with Gasteiger partial charge in [-0.3, -0.25) is 4.98 Å². The lowest BCUT2D eigenvalue weighted by molar-refractivity contribution is 1.29. The van der Waals surface area contributed by atoms with Crippen LogP contribution >= 0.6 is 11.6 Å². The molecule has 0 saturated carbocycles. The van der Waals surface area contributed by atoms with Gasteiger partial charge in [0.15, 0.2) is 0 Å². The Bertz CT molecular complexity index is 251. The van der Waals surface area contributed by atoms with Crippen molar-refractivity contribution in [2.75, 3.05) is 0 Å². The van der Waals surface area contributed by atoms with Gasteiger partial charge in [0.2, 0.25) is 0 Å². The molecule has 3 heteroatoms. The molecular weight excluding hydrogens is 136 g/mol. The van der Waals surface area contributed by atoms with E-state index >= 15 is 0 Å². The quantitative estimate of drug-likeness (QED) is 0.542. The van der Waals surface area contributed by atoms with Crippen molar-refractivity contribution in [1.82, 2.24) is 4.98 Å². The van der Waals surface area contributed by atoms with Crippen molar-refractivity contribution < 1.29 is 0 Å². The molecule has 0 atom stereocenters. The summed E-state index contributed by atoms with van der Waals surface area (Å²) in [6.07, 6.45) is 3.90. The highest BCUT2D eigenvalue weighted by Gasteiger charge is 1.90. The van der Waals surface area contributed by atoms with Gasteiger partial charge in [-0.1, -0.05) is 11.6 Å². The van der Waals surface area contributed by atoms with Gasteiger partial charge >= 0.3 is 0 Å². The molecule has 1 rings (SSSR count). The molecular formula is C6H2ClN2. The second kappa shape index (κ2) is 2.47. The largest absolute Gasteiger partial charge is 0.252 e. The highest BCUT2D eigenvalue weighted by molar-refractivity contribution is 6.30. The van der Waals surface area contributed by atoms with Crippen LogP contribution in [-0.4, -0.2) is 4.98 Å². The molecule has 0 fully saturated rings. The van der Waals surface area contributed by atoms with Crippen LogP contribution in [0.2, 0.25) is 5.02 Å².